The number of carbonyl (C=O) groups excluding carboxylic acids is 3. The Hall–Kier alpha value is -3.09. The van der Waals surface area contributed by atoms with Crippen LogP contribution in [0.4, 0.5) is 5.69 Å². The van der Waals surface area contributed by atoms with Gasteiger partial charge in [-0.2, -0.15) is 0 Å². The fourth-order valence-corrected chi connectivity index (χ4v) is 4.36. The Morgan fingerprint density at radius 3 is 2.50 bits per heavy atom. The second-order valence-electron chi connectivity index (χ2n) is 7.87. The number of anilines is 1. The Balaban J connectivity index is 1.60. The molecule has 1 atom stereocenters. The van der Waals surface area contributed by atoms with Crippen LogP contribution in [0.1, 0.15) is 44.3 Å². The number of furan rings is 1. The first-order valence-electron chi connectivity index (χ1n) is 10.4. The predicted molar refractivity (Wildman–Crippen MR) is 110 cm³/mol. The lowest BCUT2D eigenvalue weighted by Crippen LogP contribution is -2.47. The number of benzene rings is 1. The largest absolute Gasteiger partial charge is 0.497 e. The minimum Gasteiger partial charge on any atom is -0.497 e. The standard InChI is InChI=1S/C23H26N2O5/c1-29-18-11-9-17(10-12-18)25-21(26)14-20(23(25)28)24(15-19-8-5-13-30-19)22(27)16-6-3-2-4-7-16/h5,8-13,16,20H,2-4,6-7,14-15H2,1H3. The Bertz CT molecular complexity index is 900. The van der Waals surface area contributed by atoms with Gasteiger partial charge in [-0.15, -0.1) is 0 Å². The summed E-state index contributed by atoms with van der Waals surface area (Å²) >= 11 is 0. The summed E-state index contributed by atoms with van der Waals surface area (Å²) in [6.07, 6.45) is 6.33. The van der Waals surface area contributed by atoms with Gasteiger partial charge in [0.25, 0.3) is 5.91 Å². The van der Waals surface area contributed by atoms with Crippen molar-refractivity contribution in [2.45, 2.75) is 51.1 Å². The van der Waals surface area contributed by atoms with Gasteiger partial charge < -0.3 is 14.1 Å². The second-order valence-corrected chi connectivity index (χ2v) is 7.87. The lowest BCUT2D eigenvalue weighted by molar-refractivity contribution is -0.143. The van der Waals surface area contributed by atoms with Gasteiger partial charge in [-0.3, -0.25) is 14.4 Å². The van der Waals surface area contributed by atoms with Crippen LogP contribution in [0, 0.1) is 5.92 Å². The van der Waals surface area contributed by atoms with E-state index in [-0.39, 0.29) is 36.6 Å². The summed E-state index contributed by atoms with van der Waals surface area (Å²) < 4.78 is 10.6. The maximum atomic E-state index is 13.4. The van der Waals surface area contributed by atoms with Crippen molar-refractivity contribution in [2.75, 3.05) is 12.0 Å². The van der Waals surface area contributed by atoms with Crippen molar-refractivity contribution in [3.8, 4) is 5.75 Å². The summed E-state index contributed by atoms with van der Waals surface area (Å²) in [7, 11) is 1.56. The third kappa shape index (κ3) is 3.97. The number of methoxy groups -OCH3 is 1. The molecule has 1 aromatic heterocycles. The maximum Gasteiger partial charge on any atom is 0.257 e. The normalized spacial score (nSPS) is 19.9. The minimum absolute atomic E-state index is 0.0238. The fourth-order valence-electron chi connectivity index (χ4n) is 4.36. The molecule has 2 heterocycles. The van der Waals surface area contributed by atoms with Gasteiger partial charge >= 0.3 is 0 Å². The number of imide groups is 1. The average Bonchev–Trinajstić information content (AvgIpc) is 3.40. The van der Waals surface area contributed by atoms with Gasteiger partial charge in [0, 0.05) is 5.92 Å². The monoisotopic (exact) mass is 410 g/mol. The molecule has 0 radical (unpaired) electrons. The molecular weight excluding hydrogens is 384 g/mol. The molecule has 1 aromatic carbocycles. The number of nitrogens with zero attached hydrogens (tertiary/aromatic N) is 2. The van der Waals surface area contributed by atoms with E-state index >= 15 is 0 Å². The molecule has 1 aliphatic heterocycles. The zero-order chi connectivity index (χ0) is 21.1. The minimum atomic E-state index is -0.820. The van der Waals surface area contributed by atoms with E-state index in [1.165, 1.54) is 4.90 Å². The number of amides is 3. The molecule has 2 aliphatic rings. The molecule has 158 valence electrons. The van der Waals surface area contributed by atoms with E-state index in [9.17, 15) is 14.4 Å². The first-order valence-corrected chi connectivity index (χ1v) is 10.4. The van der Waals surface area contributed by atoms with Gasteiger partial charge in [0.05, 0.1) is 32.0 Å². The SMILES string of the molecule is COc1ccc(N2C(=O)CC(N(Cc3ccco3)C(=O)C3CCCCC3)C2=O)cc1. The molecule has 1 unspecified atom stereocenters. The van der Waals surface area contributed by atoms with Crippen molar-refractivity contribution >= 4 is 23.4 Å². The van der Waals surface area contributed by atoms with E-state index < -0.39 is 6.04 Å². The highest BCUT2D eigenvalue weighted by Crippen LogP contribution is 2.32. The molecule has 3 amide bonds. The van der Waals surface area contributed by atoms with Crippen LogP contribution in [0.2, 0.25) is 0 Å². The quantitative estimate of drug-likeness (QED) is 0.681. The third-order valence-corrected chi connectivity index (χ3v) is 5.97. The van der Waals surface area contributed by atoms with E-state index in [1.54, 1.807) is 54.7 Å². The molecule has 2 fully saturated rings. The number of carbonyl (C=O) groups is 3. The lowest BCUT2D eigenvalue weighted by Gasteiger charge is -2.32. The Labute approximate surface area is 175 Å². The molecule has 4 rings (SSSR count). The summed E-state index contributed by atoms with van der Waals surface area (Å²) in [4.78, 5) is 42.1. The van der Waals surface area contributed by atoms with E-state index in [0.29, 0.717) is 17.2 Å². The molecule has 1 saturated heterocycles. The van der Waals surface area contributed by atoms with Gasteiger partial charge in [0.1, 0.15) is 17.6 Å². The van der Waals surface area contributed by atoms with Crippen molar-refractivity contribution < 1.29 is 23.5 Å². The summed E-state index contributed by atoms with van der Waals surface area (Å²) in [5.74, 6) is 0.390. The summed E-state index contributed by atoms with van der Waals surface area (Å²) in [6.45, 7) is 0.183. The highest BCUT2D eigenvalue weighted by molar-refractivity contribution is 6.23. The van der Waals surface area contributed by atoms with Crippen LogP contribution in [0.3, 0.4) is 0 Å². The molecular formula is C23H26N2O5. The van der Waals surface area contributed by atoms with E-state index in [1.807, 2.05) is 0 Å². The fraction of sp³-hybridized carbons (Fsp3) is 0.435. The van der Waals surface area contributed by atoms with Crippen LogP contribution in [0.25, 0.3) is 0 Å². The van der Waals surface area contributed by atoms with Gasteiger partial charge in [-0.1, -0.05) is 19.3 Å². The van der Waals surface area contributed by atoms with Crippen molar-refractivity contribution in [1.29, 1.82) is 0 Å². The summed E-state index contributed by atoms with van der Waals surface area (Å²) in [6, 6.07) is 9.48. The predicted octanol–water partition coefficient (Wildman–Crippen LogP) is 3.53. The van der Waals surface area contributed by atoms with Crippen molar-refractivity contribution in [3.63, 3.8) is 0 Å². The third-order valence-electron chi connectivity index (χ3n) is 5.97. The van der Waals surface area contributed by atoms with Crippen molar-refractivity contribution in [2.24, 2.45) is 5.92 Å². The summed E-state index contributed by atoms with van der Waals surface area (Å²) in [5.41, 5.74) is 0.483. The Morgan fingerprint density at radius 2 is 1.87 bits per heavy atom. The van der Waals surface area contributed by atoms with Crippen molar-refractivity contribution in [3.05, 3.63) is 48.4 Å². The van der Waals surface area contributed by atoms with Crippen LogP contribution in [0.5, 0.6) is 5.75 Å². The first kappa shape index (κ1) is 20.2. The summed E-state index contributed by atoms with van der Waals surface area (Å²) in [5, 5.41) is 0. The van der Waals surface area contributed by atoms with Gasteiger partial charge in [-0.05, 0) is 49.2 Å². The maximum absolute atomic E-state index is 13.4. The Morgan fingerprint density at radius 1 is 1.13 bits per heavy atom. The molecule has 2 aromatic rings. The van der Waals surface area contributed by atoms with Gasteiger partial charge in [0.15, 0.2) is 0 Å². The molecule has 7 nitrogen and oxygen atoms in total. The molecule has 1 aliphatic carbocycles. The smallest absolute Gasteiger partial charge is 0.257 e. The number of hydrogen-bond acceptors (Lipinski definition) is 5. The molecule has 7 heteroatoms. The Kier molecular flexibility index (Phi) is 5.88. The molecule has 30 heavy (non-hydrogen) atoms. The molecule has 1 saturated carbocycles. The highest BCUT2D eigenvalue weighted by atomic mass is 16.5. The zero-order valence-corrected chi connectivity index (χ0v) is 17.1. The first-order chi connectivity index (χ1) is 14.6. The average molecular weight is 410 g/mol. The van der Waals surface area contributed by atoms with E-state index in [0.717, 1.165) is 32.1 Å². The van der Waals surface area contributed by atoms with Gasteiger partial charge in [0.2, 0.25) is 11.8 Å². The number of ether oxygens (including phenoxy) is 1. The molecule has 0 spiro atoms. The highest BCUT2D eigenvalue weighted by Gasteiger charge is 2.45. The van der Waals surface area contributed by atoms with Crippen LogP contribution < -0.4 is 9.64 Å². The number of hydrogen-bond donors (Lipinski definition) is 0. The van der Waals surface area contributed by atoms with Crippen LogP contribution in [-0.4, -0.2) is 35.8 Å². The molecule has 0 bridgehead atoms. The second kappa shape index (κ2) is 8.73. The van der Waals surface area contributed by atoms with Crippen LogP contribution in [0.15, 0.2) is 47.1 Å². The number of rotatable bonds is 6. The van der Waals surface area contributed by atoms with Crippen molar-refractivity contribution in [1.82, 2.24) is 4.90 Å². The topological polar surface area (TPSA) is 80.1 Å². The lowest BCUT2D eigenvalue weighted by atomic mass is 9.88. The zero-order valence-electron chi connectivity index (χ0n) is 17.1. The molecule has 0 N–H and O–H groups in total. The van der Waals surface area contributed by atoms with Gasteiger partial charge in [-0.25, -0.2) is 4.90 Å². The van der Waals surface area contributed by atoms with Crippen LogP contribution in [-0.2, 0) is 20.9 Å². The van der Waals surface area contributed by atoms with Crippen LogP contribution >= 0.6 is 0 Å². The van der Waals surface area contributed by atoms with E-state index in [2.05, 4.69) is 0 Å². The van der Waals surface area contributed by atoms with E-state index in [4.69, 9.17) is 9.15 Å².